The topological polar surface area (TPSA) is 63.8 Å². The number of carbonyl (C=O) groups is 1. The Hall–Kier alpha value is -2.18. The number of carboxylic acids is 1. The van der Waals surface area contributed by atoms with Crippen LogP contribution >= 0.6 is 11.3 Å². The van der Waals surface area contributed by atoms with Gasteiger partial charge in [0.05, 0.1) is 18.0 Å². The van der Waals surface area contributed by atoms with Crippen molar-refractivity contribution in [2.75, 3.05) is 7.11 Å². The molecule has 6 heteroatoms. The summed E-state index contributed by atoms with van der Waals surface area (Å²) >= 11 is 1.16. The minimum absolute atomic E-state index is 0.241. The van der Waals surface area contributed by atoms with Gasteiger partial charge in [-0.25, -0.2) is 9.78 Å². The summed E-state index contributed by atoms with van der Waals surface area (Å²) in [5.74, 6) is -0.950. The van der Waals surface area contributed by atoms with Crippen LogP contribution in [0.2, 0.25) is 0 Å². The summed E-state index contributed by atoms with van der Waals surface area (Å²) in [7, 11) is 1.55. The van der Waals surface area contributed by atoms with Crippen molar-refractivity contribution in [3.63, 3.8) is 0 Å². The highest BCUT2D eigenvalue weighted by atomic mass is 32.1. The van der Waals surface area contributed by atoms with E-state index in [1.54, 1.807) is 11.5 Å². The van der Waals surface area contributed by atoms with Crippen LogP contribution in [-0.2, 0) is 11.3 Å². The molecule has 21 heavy (non-hydrogen) atoms. The van der Waals surface area contributed by atoms with Crippen molar-refractivity contribution >= 4 is 22.3 Å². The molecule has 0 aliphatic heterocycles. The van der Waals surface area contributed by atoms with E-state index in [1.165, 1.54) is 5.56 Å². The number of aromatic nitrogens is 2. The predicted molar refractivity (Wildman–Crippen MR) is 80.9 cm³/mol. The number of carboxylic acid groups (broad SMARTS) is 1. The summed E-state index contributed by atoms with van der Waals surface area (Å²) in [6, 6.07) is 8.08. The van der Waals surface area contributed by atoms with Crippen molar-refractivity contribution in [3.05, 3.63) is 46.6 Å². The van der Waals surface area contributed by atoms with E-state index in [2.05, 4.69) is 4.98 Å². The zero-order chi connectivity index (χ0) is 15.0. The van der Waals surface area contributed by atoms with Gasteiger partial charge in [0.15, 0.2) is 4.96 Å². The van der Waals surface area contributed by atoms with Gasteiger partial charge in [-0.05, 0) is 6.92 Å². The summed E-state index contributed by atoms with van der Waals surface area (Å²) in [4.78, 5) is 16.7. The van der Waals surface area contributed by atoms with Crippen LogP contribution in [0.5, 0.6) is 0 Å². The zero-order valence-electron chi connectivity index (χ0n) is 11.7. The first kappa shape index (κ1) is 13.8. The number of methoxy groups -OCH3 is 1. The van der Waals surface area contributed by atoms with Crippen LogP contribution in [0, 0.1) is 6.92 Å². The first-order valence-electron chi connectivity index (χ1n) is 6.40. The number of fused-ring (bicyclic) bond motifs is 1. The molecule has 0 bridgehead atoms. The molecular formula is C15H14N2O3S. The number of hydrogen-bond donors (Lipinski definition) is 1. The van der Waals surface area contributed by atoms with E-state index in [9.17, 15) is 9.90 Å². The molecule has 0 unspecified atom stereocenters. The van der Waals surface area contributed by atoms with Gasteiger partial charge in [0.2, 0.25) is 0 Å². The van der Waals surface area contributed by atoms with Gasteiger partial charge in [0.1, 0.15) is 4.88 Å². The first-order chi connectivity index (χ1) is 10.1. The van der Waals surface area contributed by atoms with Gasteiger partial charge in [0.25, 0.3) is 0 Å². The molecular weight excluding hydrogens is 288 g/mol. The predicted octanol–water partition coefficient (Wildman–Crippen LogP) is 3.22. The van der Waals surface area contributed by atoms with E-state index in [-0.39, 0.29) is 11.5 Å². The van der Waals surface area contributed by atoms with Gasteiger partial charge in [-0.3, -0.25) is 4.40 Å². The molecule has 0 aliphatic carbocycles. The van der Waals surface area contributed by atoms with E-state index in [4.69, 9.17) is 4.74 Å². The Bertz CT molecular complexity index is 802. The smallest absolute Gasteiger partial charge is 0.347 e. The van der Waals surface area contributed by atoms with Crippen LogP contribution in [0.4, 0.5) is 0 Å². The Kier molecular flexibility index (Phi) is 3.48. The standard InChI is InChI=1S/C15H14N2O3S/c1-9-3-5-10(6-4-9)11-7-17-12(8-20-2)13(14(18)19)21-15(17)16-11/h3-7H,8H2,1-2H3,(H,18,19). The normalized spacial score (nSPS) is 11.1. The molecule has 1 aromatic carbocycles. The monoisotopic (exact) mass is 302 g/mol. The lowest BCUT2D eigenvalue weighted by atomic mass is 10.1. The molecule has 0 atom stereocenters. The Labute approximate surface area is 125 Å². The van der Waals surface area contributed by atoms with Crippen LogP contribution < -0.4 is 0 Å². The number of benzene rings is 1. The lowest BCUT2D eigenvalue weighted by Gasteiger charge is -2.00. The second-order valence-corrected chi connectivity index (χ2v) is 5.74. The molecule has 0 saturated carbocycles. The largest absolute Gasteiger partial charge is 0.477 e. The lowest BCUT2D eigenvalue weighted by Crippen LogP contribution is -2.02. The summed E-state index contributed by atoms with van der Waals surface area (Å²) < 4.78 is 6.91. The number of thiazole rings is 1. The maximum atomic E-state index is 11.3. The Morgan fingerprint density at radius 3 is 2.71 bits per heavy atom. The zero-order valence-corrected chi connectivity index (χ0v) is 12.5. The Morgan fingerprint density at radius 1 is 1.38 bits per heavy atom. The van der Waals surface area contributed by atoms with Gasteiger partial charge in [-0.15, -0.1) is 0 Å². The molecule has 0 radical (unpaired) electrons. The third kappa shape index (κ3) is 2.43. The van der Waals surface area contributed by atoms with Gasteiger partial charge in [-0.1, -0.05) is 41.2 Å². The number of imidazole rings is 1. The van der Waals surface area contributed by atoms with Crippen molar-refractivity contribution in [1.82, 2.24) is 9.38 Å². The first-order valence-corrected chi connectivity index (χ1v) is 7.22. The molecule has 0 fully saturated rings. The van der Waals surface area contributed by atoms with Gasteiger partial charge in [0, 0.05) is 18.9 Å². The van der Waals surface area contributed by atoms with Crippen LogP contribution in [0.3, 0.4) is 0 Å². The van der Waals surface area contributed by atoms with Crippen LogP contribution in [0.25, 0.3) is 16.2 Å². The second-order valence-electron chi connectivity index (χ2n) is 4.76. The molecule has 0 saturated heterocycles. The van der Waals surface area contributed by atoms with Crippen LogP contribution in [0.1, 0.15) is 20.9 Å². The highest BCUT2D eigenvalue weighted by molar-refractivity contribution is 7.19. The number of ether oxygens (including phenoxy) is 1. The summed E-state index contributed by atoms with van der Waals surface area (Å²) in [5.41, 5.74) is 3.65. The fourth-order valence-corrected chi connectivity index (χ4v) is 3.14. The summed E-state index contributed by atoms with van der Waals surface area (Å²) in [5, 5.41) is 9.24. The maximum Gasteiger partial charge on any atom is 0.347 e. The Balaban J connectivity index is 2.12. The fourth-order valence-electron chi connectivity index (χ4n) is 2.19. The summed E-state index contributed by atoms with van der Waals surface area (Å²) in [6.07, 6.45) is 1.86. The molecule has 2 heterocycles. The van der Waals surface area contributed by atoms with E-state index in [1.807, 2.05) is 37.4 Å². The van der Waals surface area contributed by atoms with Gasteiger partial charge < -0.3 is 9.84 Å². The molecule has 3 rings (SSSR count). The molecule has 2 aromatic heterocycles. The van der Waals surface area contributed by atoms with Crippen molar-refractivity contribution < 1.29 is 14.6 Å². The van der Waals surface area contributed by atoms with Crippen molar-refractivity contribution in [2.24, 2.45) is 0 Å². The molecule has 5 nitrogen and oxygen atoms in total. The molecule has 0 spiro atoms. The molecule has 0 amide bonds. The lowest BCUT2D eigenvalue weighted by molar-refractivity contribution is 0.0696. The number of rotatable bonds is 4. The SMILES string of the molecule is COCc1c(C(=O)O)sc2nc(-c3ccc(C)cc3)cn12. The van der Waals surface area contributed by atoms with Crippen molar-refractivity contribution in [2.45, 2.75) is 13.5 Å². The molecule has 108 valence electrons. The molecule has 3 aromatic rings. The van der Waals surface area contributed by atoms with Gasteiger partial charge >= 0.3 is 5.97 Å². The van der Waals surface area contributed by atoms with E-state index < -0.39 is 5.97 Å². The number of aromatic carboxylic acids is 1. The fraction of sp³-hybridized carbons (Fsp3) is 0.200. The highest BCUT2D eigenvalue weighted by Crippen LogP contribution is 2.28. The van der Waals surface area contributed by atoms with Gasteiger partial charge in [-0.2, -0.15) is 0 Å². The number of hydrogen-bond acceptors (Lipinski definition) is 4. The minimum atomic E-state index is -0.950. The average Bonchev–Trinajstić information content (AvgIpc) is 2.99. The number of aryl methyl sites for hydroxylation is 1. The maximum absolute atomic E-state index is 11.3. The average molecular weight is 302 g/mol. The highest BCUT2D eigenvalue weighted by Gasteiger charge is 2.20. The third-order valence-electron chi connectivity index (χ3n) is 3.24. The third-order valence-corrected chi connectivity index (χ3v) is 4.33. The quantitative estimate of drug-likeness (QED) is 0.803. The van der Waals surface area contributed by atoms with Crippen molar-refractivity contribution in [1.29, 1.82) is 0 Å². The Morgan fingerprint density at radius 2 is 2.10 bits per heavy atom. The van der Waals surface area contributed by atoms with Crippen LogP contribution in [0.15, 0.2) is 30.5 Å². The van der Waals surface area contributed by atoms with E-state index in [0.29, 0.717) is 10.7 Å². The molecule has 1 N–H and O–H groups in total. The minimum Gasteiger partial charge on any atom is -0.477 e. The van der Waals surface area contributed by atoms with E-state index in [0.717, 1.165) is 22.6 Å². The van der Waals surface area contributed by atoms with Crippen molar-refractivity contribution in [3.8, 4) is 11.3 Å². The summed E-state index contributed by atoms with van der Waals surface area (Å²) in [6.45, 7) is 2.27. The number of nitrogens with zero attached hydrogens (tertiary/aromatic N) is 2. The van der Waals surface area contributed by atoms with Crippen LogP contribution in [-0.4, -0.2) is 27.6 Å². The molecule has 0 aliphatic rings. The van der Waals surface area contributed by atoms with E-state index >= 15 is 0 Å². The second kappa shape index (κ2) is 5.31.